The summed E-state index contributed by atoms with van der Waals surface area (Å²) in [6.45, 7) is 0.321. The summed E-state index contributed by atoms with van der Waals surface area (Å²) in [4.78, 5) is 30.6. The van der Waals surface area contributed by atoms with Crippen molar-refractivity contribution in [1.29, 1.82) is 10.8 Å². The number of halogens is 6. The predicted molar refractivity (Wildman–Crippen MR) is 139 cm³/mol. The van der Waals surface area contributed by atoms with Gasteiger partial charge in [0.25, 0.3) is 5.91 Å². The minimum atomic E-state index is -5.08. The highest BCUT2D eigenvalue weighted by Crippen LogP contribution is 2.25. The van der Waals surface area contributed by atoms with E-state index < -0.39 is 24.3 Å². The molecule has 0 heterocycles. The molecule has 0 saturated heterocycles. The van der Waals surface area contributed by atoms with Gasteiger partial charge in [-0.25, -0.2) is 9.59 Å². The Morgan fingerprint density at radius 3 is 1.64 bits per heavy atom. The van der Waals surface area contributed by atoms with Crippen molar-refractivity contribution in [2.45, 2.75) is 18.9 Å². The molecule has 16 heteroatoms. The van der Waals surface area contributed by atoms with Gasteiger partial charge in [0.15, 0.2) is 0 Å². The lowest BCUT2D eigenvalue weighted by molar-refractivity contribution is -0.193. The number of rotatable bonds is 6. The Labute approximate surface area is 233 Å². The highest BCUT2D eigenvalue weighted by molar-refractivity contribution is 6.02. The zero-order valence-corrected chi connectivity index (χ0v) is 21.2. The Hall–Kier alpha value is -5.41. The van der Waals surface area contributed by atoms with Crippen LogP contribution in [0.1, 0.15) is 27.0 Å². The average molecular weight is 599 g/mol. The molecule has 0 saturated carbocycles. The number of carboxylic acid groups (broad SMARTS) is 2. The molecule has 9 N–H and O–H groups in total. The van der Waals surface area contributed by atoms with E-state index in [9.17, 15) is 31.1 Å². The third-order valence-electron chi connectivity index (χ3n) is 4.83. The van der Waals surface area contributed by atoms with Crippen molar-refractivity contribution in [1.82, 2.24) is 5.32 Å². The number of nitrogen functional groups attached to an aromatic ring is 2. The maximum Gasteiger partial charge on any atom is 0.490 e. The molecule has 3 aromatic carbocycles. The van der Waals surface area contributed by atoms with Crippen LogP contribution in [0.5, 0.6) is 0 Å². The third kappa shape index (κ3) is 11.4. The van der Waals surface area contributed by atoms with Crippen LogP contribution in [0.4, 0.5) is 26.3 Å². The molecule has 3 rings (SSSR count). The van der Waals surface area contributed by atoms with Gasteiger partial charge < -0.3 is 27.0 Å². The minimum absolute atomic E-state index is 0.0103. The molecule has 0 unspecified atom stereocenters. The van der Waals surface area contributed by atoms with E-state index in [2.05, 4.69) is 5.32 Å². The van der Waals surface area contributed by atoms with Crippen LogP contribution in [-0.4, -0.2) is 52.1 Å². The number of hydrogen-bond acceptors (Lipinski definition) is 5. The van der Waals surface area contributed by atoms with Gasteiger partial charge in [0, 0.05) is 23.2 Å². The highest BCUT2D eigenvalue weighted by atomic mass is 19.4. The number of hydrogen-bond donors (Lipinski definition) is 7. The predicted octanol–water partition coefficient (Wildman–Crippen LogP) is 4.12. The van der Waals surface area contributed by atoms with E-state index in [4.69, 9.17) is 42.1 Å². The fraction of sp³-hybridized carbons (Fsp3) is 0.115. The van der Waals surface area contributed by atoms with Crippen molar-refractivity contribution in [3.63, 3.8) is 0 Å². The molecular weight excluding hydrogens is 576 g/mol. The van der Waals surface area contributed by atoms with Gasteiger partial charge in [-0.1, -0.05) is 54.6 Å². The van der Waals surface area contributed by atoms with Gasteiger partial charge in [-0.05, 0) is 34.9 Å². The van der Waals surface area contributed by atoms with Crippen molar-refractivity contribution in [2.24, 2.45) is 11.5 Å². The van der Waals surface area contributed by atoms with Crippen LogP contribution >= 0.6 is 0 Å². The van der Waals surface area contributed by atoms with Gasteiger partial charge in [0.1, 0.15) is 11.7 Å². The van der Waals surface area contributed by atoms with Crippen LogP contribution in [0.15, 0.2) is 72.8 Å². The topological polar surface area (TPSA) is 203 Å². The molecule has 0 spiro atoms. The smallest absolute Gasteiger partial charge is 0.475 e. The first kappa shape index (κ1) is 34.6. The number of carbonyl (C=O) groups excluding carboxylic acids is 1. The molecule has 0 aliphatic heterocycles. The van der Waals surface area contributed by atoms with Crippen LogP contribution in [0.3, 0.4) is 0 Å². The summed E-state index contributed by atoms with van der Waals surface area (Å²) in [6, 6.07) is 21.8. The summed E-state index contributed by atoms with van der Waals surface area (Å²) in [7, 11) is 0. The van der Waals surface area contributed by atoms with E-state index in [0.717, 1.165) is 16.7 Å². The second-order valence-electron chi connectivity index (χ2n) is 7.94. The maximum atomic E-state index is 12.8. The van der Waals surface area contributed by atoms with Crippen LogP contribution in [0.25, 0.3) is 11.1 Å². The normalized spacial score (nSPS) is 10.6. The molecule has 0 aromatic heterocycles. The van der Waals surface area contributed by atoms with E-state index in [1.807, 2.05) is 36.4 Å². The zero-order chi connectivity index (χ0) is 32.3. The number of carboxylic acids is 2. The second kappa shape index (κ2) is 14.8. The number of carbonyl (C=O) groups is 3. The van der Waals surface area contributed by atoms with Crippen LogP contribution < -0.4 is 16.8 Å². The standard InChI is InChI=1S/C22H21N5O.2C2HF3O2/c23-20(24)16-7-3-5-14(11-16)13-27-22(28)19-10-2-1-9-18(19)15-6-4-8-17(12-15)21(25)26;2*3-2(4,5)1(6)7/h1-12H,13H2,(H3,23,24)(H3,25,26)(H,27,28);2*(H,6,7). The number of benzene rings is 3. The van der Waals surface area contributed by atoms with Gasteiger partial charge >= 0.3 is 24.3 Å². The molecular formula is C26H23F6N5O5. The Kier molecular flexibility index (Phi) is 12.2. The molecule has 224 valence electrons. The Morgan fingerprint density at radius 2 is 1.17 bits per heavy atom. The number of amides is 1. The molecule has 1 amide bonds. The lowest BCUT2D eigenvalue weighted by Gasteiger charge is -2.12. The summed E-state index contributed by atoms with van der Waals surface area (Å²) < 4.78 is 63.5. The lowest BCUT2D eigenvalue weighted by atomic mass is 9.97. The van der Waals surface area contributed by atoms with Crippen LogP contribution in [-0.2, 0) is 16.1 Å². The van der Waals surface area contributed by atoms with E-state index in [0.29, 0.717) is 23.2 Å². The molecule has 42 heavy (non-hydrogen) atoms. The number of aliphatic carboxylic acids is 2. The molecule has 0 atom stereocenters. The SMILES string of the molecule is N=C(N)c1cccc(CNC(=O)c2ccccc2-c2cccc(C(=N)N)c2)c1.O=C(O)C(F)(F)F.O=C(O)C(F)(F)F. The van der Waals surface area contributed by atoms with E-state index in [1.165, 1.54) is 0 Å². The maximum absolute atomic E-state index is 12.8. The molecule has 3 aromatic rings. The van der Waals surface area contributed by atoms with E-state index in [1.54, 1.807) is 36.4 Å². The van der Waals surface area contributed by atoms with Gasteiger partial charge in [0.05, 0.1) is 0 Å². The largest absolute Gasteiger partial charge is 0.490 e. The van der Waals surface area contributed by atoms with Crippen molar-refractivity contribution in [3.8, 4) is 11.1 Å². The second-order valence-corrected chi connectivity index (χ2v) is 7.94. The molecule has 10 nitrogen and oxygen atoms in total. The van der Waals surface area contributed by atoms with Crippen molar-refractivity contribution in [3.05, 3.63) is 95.1 Å². The van der Waals surface area contributed by atoms with Crippen LogP contribution in [0.2, 0.25) is 0 Å². The summed E-state index contributed by atoms with van der Waals surface area (Å²) in [5, 5.41) is 32.3. The Bertz CT molecular complexity index is 1430. The summed E-state index contributed by atoms with van der Waals surface area (Å²) >= 11 is 0. The first-order valence-corrected chi connectivity index (χ1v) is 11.2. The van der Waals surface area contributed by atoms with Crippen molar-refractivity contribution >= 4 is 29.5 Å². The molecule has 0 aliphatic carbocycles. The summed E-state index contributed by atoms with van der Waals surface area (Å²) in [6.07, 6.45) is -10.2. The average Bonchev–Trinajstić information content (AvgIpc) is 2.91. The highest BCUT2D eigenvalue weighted by Gasteiger charge is 2.38. The molecule has 0 fully saturated rings. The van der Waals surface area contributed by atoms with Gasteiger partial charge in [-0.15, -0.1) is 0 Å². The fourth-order valence-corrected chi connectivity index (χ4v) is 2.91. The minimum Gasteiger partial charge on any atom is -0.475 e. The Balaban J connectivity index is 0.000000522. The fourth-order valence-electron chi connectivity index (χ4n) is 2.91. The van der Waals surface area contributed by atoms with Crippen molar-refractivity contribution < 1.29 is 50.9 Å². The molecule has 0 bridgehead atoms. The number of amidine groups is 2. The van der Waals surface area contributed by atoms with Crippen molar-refractivity contribution in [2.75, 3.05) is 0 Å². The zero-order valence-electron chi connectivity index (χ0n) is 21.2. The quantitative estimate of drug-likeness (QED) is 0.125. The van der Waals surface area contributed by atoms with E-state index >= 15 is 0 Å². The monoisotopic (exact) mass is 599 g/mol. The van der Waals surface area contributed by atoms with Crippen LogP contribution in [0, 0.1) is 10.8 Å². The Morgan fingerprint density at radius 1 is 0.714 bits per heavy atom. The van der Waals surface area contributed by atoms with E-state index in [-0.39, 0.29) is 17.6 Å². The summed E-state index contributed by atoms with van der Waals surface area (Å²) in [5.41, 5.74) is 15.3. The first-order valence-electron chi connectivity index (χ1n) is 11.2. The third-order valence-corrected chi connectivity index (χ3v) is 4.83. The van der Waals surface area contributed by atoms with Gasteiger partial charge in [-0.3, -0.25) is 15.6 Å². The number of nitrogens with one attached hydrogen (secondary N) is 3. The lowest BCUT2D eigenvalue weighted by Crippen LogP contribution is -2.23. The molecule has 0 radical (unpaired) electrons. The van der Waals surface area contributed by atoms with Gasteiger partial charge in [-0.2, -0.15) is 26.3 Å². The number of nitrogens with two attached hydrogens (primary N) is 2. The summed E-state index contributed by atoms with van der Waals surface area (Å²) in [5.74, 6) is -5.75. The van der Waals surface area contributed by atoms with Gasteiger partial charge in [0.2, 0.25) is 0 Å². The molecule has 0 aliphatic rings. The number of alkyl halides is 6. The first-order chi connectivity index (χ1) is 19.3.